The Morgan fingerprint density at radius 2 is 1.80 bits per heavy atom. The summed E-state index contributed by atoms with van der Waals surface area (Å²) in [7, 11) is 0. The highest BCUT2D eigenvalue weighted by Gasteiger charge is 2.30. The molecular weight excluding hydrogens is 328 g/mol. The number of hydrogen-bond donors (Lipinski definition) is 1. The first-order valence-electron chi connectivity index (χ1n) is 7.99. The number of carbonyl (C=O) groups is 2. The Bertz CT molecular complexity index is 621. The van der Waals surface area contributed by atoms with Crippen LogP contribution in [0.3, 0.4) is 0 Å². The largest absolute Gasteiger partial charge is 0.444 e. The lowest BCUT2D eigenvalue weighted by Crippen LogP contribution is -2.48. The number of non-ortho nitro benzene ring substituents is 1. The average Bonchev–Trinajstić information content (AvgIpc) is 2.50. The van der Waals surface area contributed by atoms with Gasteiger partial charge in [-0.15, -0.1) is 0 Å². The van der Waals surface area contributed by atoms with Gasteiger partial charge in [-0.25, -0.2) is 9.59 Å². The molecule has 25 heavy (non-hydrogen) atoms. The molecule has 1 rings (SSSR count). The first-order chi connectivity index (χ1) is 11.5. The number of ether oxygens (including phenoxy) is 2. The van der Waals surface area contributed by atoms with E-state index in [2.05, 4.69) is 5.32 Å². The van der Waals surface area contributed by atoms with Gasteiger partial charge in [0, 0.05) is 12.1 Å². The number of alkyl carbamates (subject to hydrolysis) is 1. The molecule has 8 heteroatoms. The van der Waals surface area contributed by atoms with Crippen LogP contribution < -0.4 is 10.1 Å². The Hall–Kier alpha value is -2.64. The van der Waals surface area contributed by atoms with Gasteiger partial charge >= 0.3 is 12.1 Å². The Labute approximate surface area is 146 Å². The van der Waals surface area contributed by atoms with E-state index in [-0.39, 0.29) is 17.4 Å². The van der Waals surface area contributed by atoms with Gasteiger partial charge < -0.3 is 14.8 Å². The molecule has 1 amide bonds. The number of benzene rings is 1. The summed E-state index contributed by atoms with van der Waals surface area (Å²) >= 11 is 0. The van der Waals surface area contributed by atoms with Gasteiger partial charge in [0.25, 0.3) is 5.69 Å². The molecule has 0 aromatic heterocycles. The average molecular weight is 352 g/mol. The monoisotopic (exact) mass is 352 g/mol. The van der Waals surface area contributed by atoms with Crippen molar-refractivity contribution in [1.82, 2.24) is 5.32 Å². The lowest BCUT2D eigenvalue weighted by molar-refractivity contribution is -0.384. The molecule has 1 aromatic carbocycles. The van der Waals surface area contributed by atoms with Crippen molar-refractivity contribution in [2.24, 2.45) is 5.92 Å². The summed E-state index contributed by atoms with van der Waals surface area (Å²) in [6.45, 7) is 8.85. The molecule has 1 N–H and O–H groups in total. The summed E-state index contributed by atoms with van der Waals surface area (Å²) in [5.41, 5.74) is -0.794. The number of nitro benzene ring substituents is 1. The molecule has 8 nitrogen and oxygen atoms in total. The van der Waals surface area contributed by atoms with Crippen LogP contribution in [0.25, 0.3) is 0 Å². The van der Waals surface area contributed by atoms with Crippen molar-refractivity contribution < 1.29 is 24.0 Å². The normalized spacial score (nSPS) is 13.5. The number of nitro groups is 1. The van der Waals surface area contributed by atoms with Crippen LogP contribution >= 0.6 is 0 Å². The molecular formula is C17H24N2O6. The zero-order chi connectivity index (χ0) is 19.2. The number of amides is 1. The van der Waals surface area contributed by atoms with Crippen LogP contribution in [0.4, 0.5) is 10.5 Å². The summed E-state index contributed by atoms with van der Waals surface area (Å²) in [6.07, 6.45) is -0.0750. The topological polar surface area (TPSA) is 108 Å². The summed E-state index contributed by atoms with van der Waals surface area (Å²) in [6, 6.07) is 4.24. The van der Waals surface area contributed by atoms with E-state index >= 15 is 0 Å². The Balaban J connectivity index is 2.82. The van der Waals surface area contributed by atoms with E-state index in [9.17, 15) is 19.7 Å². The first-order valence-corrected chi connectivity index (χ1v) is 7.99. The zero-order valence-electron chi connectivity index (χ0n) is 15.1. The van der Waals surface area contributed by atoms with Crippen molar-refractivity contribution in [1.29, 1.82) is 0 Å². The molecule has 138 valence electrons. The van der Waals surface area contributed by atoms with Crippen molar-refractivity contribution >= 4 is 17.7 Å². The van der Waals surface area contributed by atoms with Crippen molar-refractivity contribution in [2.45, 2.75) is 52.7 Å². The van der Waals surface area contributed by atoms with E-state index < -0.39 is 28.6 Å². The van der Waals surface area contributed by atoms with Crippen LogP contribution in [0.2, 0.25) is 0 Å². The molecule has 0 aliphatic rings. The minimum atomic E-state index is -0.893. The van der Waals surface area contributed by atoms with Gasteiger partial charge in [-0.05, 0) is 38.8 Å². The third kappa shape index (κ3) is 6.78. The zero-order valence-corrected chi connectivity index (χ0v) is 15.1. The Morgan fingerprint density at radius 1 is 1.24 bits per heavy atom. The third-order valence-electron chi connectivity index (χ3n) is 3.41. The minimum Gasteiger partial charge on any atom is -0.444 e. The predicted octanol–water partition coefficient (Wildman–Crippen LogP) is 3.44. The van der Waals surface area contributed by atoms with Gasteiger partial charge in [-0.2, -0.15) is 0 Å². The molecule has 0 unspecified atom stereocenters. The number of rotatable bonds is 6. The van der Waals surface area contributed by atoms with Crippen molar-refractivity contribution in [2.75, 3.05) is 0 Å². The Morgan fingerprint density at radius 3 is 2.24 bits per heavy atom. The number of nitrogens with zero attached hydrogens (tertiary/aromatic N) is 1. The fraction of sp³-hybridized carbons (Fsp3) is 0.529. The van der Waals surface area contributed by atoms with E-state index in [1.165, 1.54) is 24.3 Å². The van der Waals surface area contributed by atoms with E-state index in [4.69, 9.17) is 9.47 Å². The van der Waals surface area contributed by atoms with Gasteiger partial charge in [0.2, 0.25) is 0 Å². The van der Waals surface area contributed by atoms with Crippen LogP contribution in [-0.4, -0.2) is 28.6 Å². The highest BCUT2D eigenvalue weighted by atomic mass is 16.6. The van der Waals surface area contributed by atoms with Crippen LogP contribution in [0.15, 0.2) is 24.3 Å². The fourth-order valence-electron chi connectivity index (χ4n) is 1.92. The SMILES string of the molecule is CC[C@@H](C)[C@@H](NC(=O)OC(C)(C)C)C(=O)Oc1ccc([N+](=O)[O-])cc1. The van der Waals surface area contributed by atoms with Gasteiger partial charge in [0.15, 0.2) is 0 Å². The van der Waals surface area contributed by atoms with Crippen molar-refractivity contribution in [3.8, 4) is 5.75 Å². The maximum Gasteiger partial charge on any atom is 0.408 e. The summed E-state index contributed by atoms with van der Waals surface area (Å²) in [5.74, 6) is -0.679. The molecule has 0 aliphatic heterocycles. The lowest BCUT2D eigenvalue weighted by atomic mass is 9.99. The van der Waals surface area contributed by atoms with E-state index in [1.807, 2.05) is 6.92 Å². The molecule has 1 aromatic rings. The van der Waals surface area contributed by atoms with Crippen molar-refractivity contribution in [3.63, 3.8) is 0 Å². The van der Waals surface area contributed by atoms with E-state index in [1.54, 1.807) is 27.7 Å². The van der Waals surface area contributed by atoms with Gasteiger partial charge in [0.1, 0.15) is 17.4 Å². The van der Waals surface area contributed by atoms with Crippen LogP contribution in [0, 0.1) is 16.0 Å². The summed E-state index contributed by atoms with van der Waals surface area (Å²) < 4.78 is 10.4. The molecule has 0 heterocycles. The molecule has 0 bridgehead atoms. The molecule has 0 spiro atoms. The molecule has 0 radical (unpaired) electrons. The van der Waals surface area contributed by atoms with Crippen LogP contribution in [0.1, 0.15) is 41.0 Å². The van der Waals surface area contributed by atoms with Gasteiger partial charge in [-0.1, -0.05) is 20.3 Å². The minimum absolute atomic E-state index is 0.106. The maximum absolute atomic E-state index is 12.4. The fourth-order valence-corrected chi connectivity index (χ4v) is 1.92. The highest BCUT2D eigenvalue weighted by molar-refractivity contribution is 5.83. The quantitative estimate of drug-likeness (QED) is 0.364. The smallest absolute Gasteiger partial charge is 0.408 e. The van der Waals surface area contributed by atoms with Gasteiger partial charge in [0.05, 0.1) is 4.92 Å². The first kappa shape index (κ1) is 20.4. The van der Waals surface area contributed by atoms with Crippen molar-refractivity contribution in [3.05, 3.63) is 34.4 Å². The third-order valence-corrected chi connectivity index (χ3v) is 3.41. The van der Waals surface area contributed by atoms with Crippen LogP contribution in [-0.2, 0) is 9.53 Å². The number of esters is 1. The highest BCUT2D eigenvalue weighted by Crippen LogP contribution is 2.19. The van der Waals surface area contributed by atoms with E-state index in [0.717, 1.165) is 0 Å². The summed E-state index contributed by atoms with van der Waals surface area (Å²) in [5, 5.41) is 13.2. The number of hydrogen-bond acceptors (Lipinski definition) is 6. The molecule has 0 fully saturated rings. The predicted molar refractivity (Wildman–Crippen MR) is 91.3 cm³/mol. The summed E-state index contributed by atoms with van der Waals surface area (Å²) in [4.78, 5) is 34.5. The van der Waals surface area contributed by atoms with E-state index in [0.29, 0.717) is 6.42 Å². The molecule has 0 saturated heterocycles. The second-order valence-corrected chi connectivity index (χ2v) is 6.68. The standard InChI is InChI=1S/C17H24N2O6/c1-6-11(2)14(18-16(21)25-17(3,4)5)15(20)24-13-9-7-12(8-10-13)19(22)23/h7-11,14H,6H2,1-5H3,(H,18,21)/t11-,14-/m1/s1. The number of carbonyl (C=O) groups excluding carboxylic acids is 2. The Kier molecular flexibility index (Phi) is 6.90. The molecule has 0 saturated carbocycles. The lowest BCUT2D eigenvalue weighted by Gasteiger charge is -2.25. The maximum atomic E-state index is 12.4. The van der Waals surface area contributed by atoms with Crippen LogP contribution in [0.5, 0.6) is 5.75 Å². The molecule has 2 atom stereocenters. The second kappa shape index (κ2) is 8.46. The second-order valence-electron chi connectivity index (χ2n) is 6.68. The molecule has 0 aliphatic carbocycles. The number of nitrogens with one attached hydrogen (secondary N) is 1. The van der Waals surface area contributed by atoms with Gasteiger partial charge in [-0.3, -0.25) is 10.1 Å².